The Balaban J connectivity index is 2.89. The first-order valence-electron chi connectivity index (χ1n) is 4.90. The van der Waals surface area contributed by atoms with Crippen LogP contribution in [-0.4, -0.2) is 22.7 Å². The number of hydrogen-bond acceptors (Lipinski definition) is 2. The molecule has 0 atom stereocenters. The molecular formula is C12H13ClO3. The Hall–Kier alpha value is -1.35. The monoisotopic (exact) mass is 240 g/mol. The molecule has 0 fully saturated rings. The maximum absolute atomic E-state index is 11.2. The van der Waals surface area contributed by atoms with Crippen molar-refractivity contribution in [2.75, 3.05) is 5.88 Å². The van der Waals surface area contributed by atoms with Gasteiger partial charge in [-0.25, -0.2) is 0 Å². The molecule has 1 N–H and O–H groups in total. The molecule has 0 heterocycles. The molecule has 4 heteroatoms. The molecule has 86 valence electrons. The predicted octanol–water partition coefficient (Wildman–Crippen LogP) is 1.97. The van der Waals surface area contributed by atoms with E-state index < -0.39 is 5.97 Å². The Kier molecular flexibility index (Phi) is 4.50. The molecule has 0 saturated carbocycles. The van der Waals surface area contributed by atoms with Gasteiger partial charge in [0.2, 0.25) is 0 Å². The van der Waals surface area contributed by atoms with Gasteiger partial charge in [-0.2, -0.15) is 0 Å². The molecule has 0 amide bonds. The van der Waals surface area contributed by atoms with E-state index in [1.807, 2.05) is 19.1 Å². The number of benzene rings is 1. The van der Waals surface area contributed by atoms with Gasteiger partial charge in [0.1, 0.15) is 0 Å². The summed E-state index contributed by atoms with van der Waals surface area (Å²) < 4.78 is 0. The average molecular weight is 241 g/mol. The molecule has 0 aromatic heterocycles. The van der Waals surface area contributed by atoms with Crippen molar-refractivity contribution in [1.82, 2.24) is 0 Å². The largest absolute Gasteiger partial charge is 0.481 e. The van der Waals surface area contributed by atoms with Crippen LogP contribution in [0.15, 0.2) is 18.2 Å². The molecule has 0 aliphatic rings. The van der Waals surface area contributed by atoms with Crippen LogP contribution in [0.3, 0.4) is 0 Å². The molecule has 0 aliphatic carbocycles. The van der Waals surface area contributed by atoms with Crippen LogP contribution < -0.4 is 0 Å². The quantitative estimate of drug-likeness (QED) is 0.801. The van der Waals surface area contributed by atoms with E-state index in [2.05, 4.69) is 0 Å². The van der Waals surface area contributed by atoms with E-state index in [1.165, 1.54) is 0 Å². The molecule has 1 aromatic rings. The van der Waals surface area contributed by atoms with Gasteiger partial charge in [0, 0.05) is 6.42 Å². The van der Waals surface area contributed by atoms with Crippen molar-refractivity contribution in [1.29, 1.82) is 0 Å². The van der Waals surface area contributed by atoms with Crippen molar-refractivity contribution in [2.24, 2.45) is 0 Å². The van der Waals surface area contributed by atoms with Crippen LogP contribution in [-0.2, 0) is 22.4 Å². The number of carbonyl (C=O) groups excluding carboxylic acids is 1. The molecular weight excluding hydrogens is 228 g/mol. The fourth-order valence-corrected chi connectivity index (χ4v) is 1.70. The first-order valence-corrected chi connectivity index (χ1v) is 5.43. The van der Waals surface area contributed by atoms with Gasteiger partial charge in [-0.15, -0.1) is 11.6 Å². The van der Waals surface area contributed by atoms with Gasteiger partial charge in [-0.3, -0.25) is 9.59 Å². The first-order chi connectivity index (χ1) is 7.51. The van der Waals surface area contributed by atoms with Gasteiger partial charge in [0.25, 0.3) is 0 Å². The third kappa shape index (κ3) is 4.03. The van der Waals surface area contributed by atoms with E-state index in [9.17, 15) is 9.59 Å². The minimum Gasteiger partial charge on any atom is -0.481 e. The summed E-state index contributed by atoms with van der Waals surface area (Å²) in [5, 5.41) is 8.69. The van der Waals surface area contributed by atoms with Crippen LogP contribution in [0.1, 0.15) is 16.7 Å². The summed E-state index contributed by atoms with van der Waals surface area (Å²) in [5.74, 6) is -0.948. The van der Waals surface area contributed by atoms with Crippen LogP contribution in [0.25, 0.3) is 0 Å². The van der Waals surface area contributed by atoms with Crippen LogP contribution >= 0.6 is 11.6 Å². The van der Waals surface area contributed by atoms with E-state index in [1.54, 1.807) is 6.07 Å². The highest BCUT2D eigenvalue weighted by atomic mass is 35.5. The number of carbonyl (C=O) groups is 2. The van der Waals surface area contributed by atoms with Crippen molar-refractivity contribution in [2.45, 2.75) is 19.8 Å². The van der Waals surface area contributed by atoms with Crippen LogP contribution in [0.4, 0.5) is 0 Å². The molecule has 1 aromatic carbocycles. The number of halogens is 1. The van der Waals surface area contributed by atoms with E-state index in [0.717, 1.165) is 11.1 Å². The number of aryl methyl sites for hydroxylation is 1. The summed E-state index contributed by atoms with van der Waals surface area (Å²) in [6, 6.07) is 5.42. The molecule has 3 nitrogen and oxygen atoms in total. The zero-order valence-electron chi connectivity index (χ0n) is 9.00. The fourth-order valence-electron chi connectivity index (χ4n) is 1.60. The Morgan fingerprint density at radius 2 is 1.75 bits per heavy atom. The molecule has 0 spiro atoms. The highest BCUT2D eigenvalue weighted by Crippen LogP contribution is 2.11. The standard InChI is InChI=1S/C12H13ClO3/c1-8-2-9(5-11(14)7-13)4-10(3-8)6-12(15)16/h2-4H,5-7H2,1H3,(H,15,16). The van der Waals surface area contributed by atoms with Crippen LogP contribution in [0.5, 0.6) is 0 Å². The van der Waals surface area contributed by atoms with Crippen molar-refractivity contribution < 1.29 is 14.7 Å². The Morgan fingerprint density at radius 1 is 1.19 bits per heavy atom. The summed E-state index contributed by atoms with van der Waals surface area (Å²) in [5.41, 5.74) is 2.49. The van der Waals surface area contributed by atoms with Gasteiger partial charge in [-0.05, 0) is 18.1 Å². The zero-order valence-corrected chi connectivity index (χ0v) is 9.75. The number of hydrogen-bond donors (Lipinski definition) is 1. The van der Waals surface area contributed by atoms with Gasteiger partial charge in [-0.1, -0.05) is 23.8 Å². The lowest BCUT2D eigenvalue weighted by Crippen LogP contribution is -2.06. The summed E-state index contributed by atoms with van der Waals surface area (Å²) in [4.78, 5) is 21.8. The molecule has 16 heavy (non-hydrogen) atoms. The van der Waals surface area contributed by atoms with Crippen molar-refractivity contribution in [3.8, 4) is 0 Å². The number of carboxylic acids is 1. The molecule has 0 aliphatic heterocycles. The van der Waals surface area contributed by atoms with E-state index in [0.29, 0.717) is 5.56 Å². The van der Waals surface area contributed by atoms with E-state index in [-0.39, 0.29) is 24.5 Å². The van der Waals surface area contributed by atoms with E-state index >= 15 is 0 Å². The average Bonchev–Trinajstić information content (AvgIpc) is 2.15. The van der Waals surface area contributed by atoms with Crippen LogP contribution in [0.2, 0.25) is 0 Å². The molecule has 0 saturated heterocycles. The Morgan fingerprint density at radius 3 is 2.25 bits per heavy atom. The number of ketones is 1. The van der Waals surface area contributed by atoms with Gasteiger partial charge in [0.05, 0.1) is 12.3 Å². The molecule has 0 unspecified atom stereocenters. The first kappa shape index (κ1) is 12.7. The number of rotatable bonds is 5. The Labute approximate surface area is 99.0 Å². The highest BCUT2D eigenvalue weighted by Gasteiger charge is 2.06. The number of aliphatic carboxylic acids is 1. The molecule has 0 bridgehead atoms. The lowest BCUT2D eigenvalue weighted by atomic mass is 10.0. The second-order valence-corrected chi connectivity index (χ2v) is 4.01. The Bertz CT molecular complexity index is 413. The zero-order chi connectivity index (χ0) is 12.1. The van der Waals surface area contributed by atoms with Gasteiger partial charge < -0.3 is 5.11 Å². The maximum Gasteiger partial charge on any atom is 0.307 e. The van der Waals surface area contributed by atoms with Crippen molar-refractivity contribution in [3.63, 3.8) is 0 Å². The van der Waals surface area contributed by atoms with Crippen molar-refractivity contribution >= 4 is 23.4 Å². The van der Waals surface area contributed by atoms with E-state index in [4.69, 9.17) is 16.7 Å². The minimum absolute atomic E-state index is 0.0117. The third-order valence-electron chi connectivity index (χ3n) is 2.10. The number of alkyl halides is 1. The minimum atomic E-state index is -0.875. The highest BCUT2D eigenvalue weighted by molar-refractivity contribution is 6.27. The van der Waals surface area contributed by atoms with Crippen LogP contribution in [0, 0.1) is 6.92 Å². The number of carboxylic acid groups (broad SMARTS) is 1. The maximum atomic E-state index is 11.2. The summed E-state index contributed by atoms with van der Waals surface area (Å²) in [7, 11) is 0. The summed E-state index contributed by atoms with van der Waals surface area (Å²) >= 11 is 5.42. The lowest BCUT2D eigenvalue weighted by Gasteiger charge is -2.05. The molecule has 0 radical (unpaired) electrons. The normalized spacial score (nSPS) is 10.1. The lowest BCUT2D eigenvalue weighted by molar-refractivity contribution is -0.136. The fraction of sp³-hybridized carbons (Fsp3) is 0.333. The third-order valence-corrected chi connectivity index (χ3v) is 2.40. The summed E-state index contributed by atoms with van der Waals surface area (Å²) in [6.07, 6.45) is 0.238. The molecule has 1 rings (SSSR count). The second-order valence-electron chi connectivity index (χ2n) is 3.75. The number of Topliss-reactive ketones (excluding diaryl/α,β-unsaturated/α-hetero) is 1. The topological polar surface area (TPSA) is 54.4 Å². The van der Waals surface area contributed by atoms with Gasteiger partial charge in [0.15, 0.2) is 5.78 Å². The SMILES string of the molecule is Cc1cc(CC(=O)O)cc(CC(=O)CCl)c1. The van der Waals surface area contributed by atoms with Crippen molar-refractivity contribution in [3.05, 3.63) is 34.9 Å². The predicted molar refractivity (Wildman–Crippen MR) is 61.9 cm³/mol. The summed E-state index contributed by atoms with van der Waals surface area (Å²) in [6.45, 7) is 1.88. The van der Waals surface area contributed by atoms with Gasteiger partial charge >= 0.3 is 5.97 Å². The smallest absolute Gasteiger partial charge is 0.307 e. The second kappa shape index (κ2) is 5.66.